The Morgan fingerprint density at radius 2 is 2.29 bits per heavy atom. The molecule has 114 valence electrons. The Morgan fingerprint density at radius 3 is 2.90 bits per heavy atom. The van der Waals surface area contributed by atoms with Gasteiger partial charge in [-0.25, -0.2) is 9.48 Å². The summed E-state index contributed by atoms with van der Waals surface area (Å²) in [5, 5.41) is 21.2. The monoisotopic (exact) mass is 292 g/mol. The molecular weight excluding hydrogens is 272 g/mol. The van der Waals surface area contributed by atoms with Crippen LogP contribution in [0, 0.1) is 0 Å². The second-order valence-corrected chi connectivity index (χ2v) is 4.93. The van der Waals surface area contributed by atoms with Gasteiger partial charge in [0.1, 0.15) is 0 Å². The first-order valence-corrected chi connectivity index (χ1v) is 6.96. The molecule has 0 aliphatic rings. The summed E-state index contributed by atoms with van der Waals surface area (Å²) in [7, 11) is 0. The SMILES string of the molecule is CCC(C)n1ccc(Cn2nnc(C(=O)O)c2CCN)n1. The Labute approximate surface area is 122 Å². The molecule has 8 nitrogen and oxygen atoms in total. The lowest BCUT2D eigenvalue weighted by Crippen LogP contribution is -2.14. The molecule has 3 N–H and O–H groups in total. The largest absolute Gasteiger partial charge is 0.476 e. The Kier molecular flexibility index (Phi) is 4.69. The molecule has 0 amide bonds. The molecule has 1 atom stereocenters. The lowest BCUT2D eigenvalue weighted by molar-refractivity contribution is 0.0689. The van der Waals surface area contributed by atoms with Gasteiger partial charge in [0.05, 0.1) is 17.9 Å². The van der Waals surface area contributed by atoms with Crippen molar-refractivity contribution in [3.8, 4) is 0 Å². The van der Waals surface area contributed by atoms with Crippen molar-refractivity contribution in [3.63, 3.8) is 0 Å². The number of rotatable bonds is 7. The maximum absolute atomic E-state index is 11.1. The van der Waals surface area contributed by atoms with Gasteiger partial charge in [-0.15, -0.1) is 5.10 Å². The van der Waals surface area contributed by atoms with Crippen LogP contribution in [-0.2, 0) is 13.0 Å². The van der Waals surface area contributed by atoms with Crippen LogP contribution >= 0.6 is 0 Å². The second kappa shape index (κ2) is 6.49. The Bertz CT molecular complexity index is 618. The Morgan fingerprint density at radius 1 is 1.52 bits per heavy atom. The van der Waals surface area contributed by atoms with Crippen LogP contribution in [0.15, 0.2) is 12.3 Å². The van der Waals surface area contributed by atoms with Crippen LogP contribution in [0.25, 0.3) is 0 Å². The molecule has 0 spiro atoms. The third-order valence-electron chi connectivity index (χ3n) is 3.44. The number of carboxylic acid groups (broad SMARTS) is 1. The molecule has 2 heterocycles. The third-order valence-corrected chi connectivity index (χ3v) is 3.44. The van der Waals surface area contributed by atoms with E-state index in [9.17, 15) is 4.79 Å². The average Bonchev–Trinajstić information content (AvgIpc) is 3.07. The van der Waals surface area contributed by atoms with Gasteiger partial charge < -0.3 is 10.8 Å². The second-order valence-electron chi connectivity index (χ2n) is 4.93. The fourth-order valence-electron chi connectivity index (χ4n) is 2.06. The van der Waals surface area contributed by atoms with Crippen LogP contribution in [0.4, 0.5) is 0 Å². The molecule has 2 aromatic rings. The number of carboxylic acids is 1. The normalized spacial score (nSPS) is 12.5. The van der Waals surface area contributed by atoms with Crippen molar-refractivity contribution in [3.05, 3.63) is 29.3 Å². The van der Waals surface area contributed by atoms with Crippen LogP contribution in [0.2, 0.25) is 0 Å². The van der Waals surface area contributed by atoms with Crippen molar-refractivity contribution in [1.82, 2.24) is 24.8 Å². The van der Waals surface area contributed by atoms with E-state index in [0.717, 1.165) is 12.1 Å². The molecule has 0 saturated heterocycles. The van der Waals surface area contributed by atoms with Crippen molar-refractivity contribution in [2.75, 3.05) is 6.54 Å². The predicted octanol–water partition coefficient (Wildman–Crippen LogP) is 0.693. The topological polar surface area (TPSA) is 112 Å². The predicted molar refractivity (Wildman–Crippen MR) is 76.1 cm³/mol. The van der Waals surface area contributed by atoms with Gasteiger partial charge in [0.2, 0.25) is 0 Å². The van der Waals surface area contributed by atoms with Gasteiger partial charge in [0.25, 0.3) is 0 Å². The van der Waals surface area contributed by atoms with E-state index in [4.69, 9.17) is 10.8 Å². The van der Waals surface area contributed by atoms with Gasteiger partial charge in [-0.3, -0.25) is 4.68 Å². The van der Waals surface area contributed by atoms with Gasteiger partial charge in [-0.05, 0) is 26.0 Å². The summed E-state index contributed by atoms with van der Waals surface area (Å²) in [5.41, 5.74) is 6.84. The van der Waals surface area contributed by atoms with Crippen molar-refractivity contribution >= 4 is 5.97 Å². The van der Waals surface area contributed by atoms with E-state index >= 15 is 0 Å². The average molecular weight is 292 g/mol. The van der Waals surface area contributed by atoms with Crippen LogP contribution in [0.1, 0.15) is 48.2 Å². The van der Waals surface area contributed by atoms with E-state index in [1.165, 1.54) is 0 Å². The number of carbonyl (C=O) groups is 1. The lowest BCUT2D eigenvalue weighted by Gasteiger charge is -2.08. The molecule has 2 aromatic heterocycles. The summed E-state index contributed by atoms with van der Waals surface area (Å²) in [5.74, 6) is -1.09. The number of nitrogens with two attached hydrogens (primary N) is 1. The molecule has 2 rings (SSSR count). The smallest absolute Gasteiger partial charge is 0.358 e. The summed E-state index contributed by atoms with van der Waals surface area (Å²) < 4.78 is 3.45. The summed E-state index contributed by atoms with van der Waals surface area (Å²) in [6.45, 7) is 4.92. The highest BCUT2D eigenvalue weighted by molar-refractivity contribution is 5.86. The van der Waals surface area contributed by atoms with E-state index in [0.29, 0.717) is 31.2 Å². The third kappa shape index (κ3) is 3.27. The van der Waals surface area contributed by atoms with Crippen molar-refractivity contribution in [2.24, 2.45) is 5.73 Å². The first-order chi connectivity index (χ1) is 10.1. The van der Waals surface area contributed by atoms with Crippen molar-refractivity contribution in [1.29, 1.82) is 0 Å². The van der Waals surface area contributed by atoms with Crippen LogP contribution in [-0.4, -0.2) is 42.4 Å². The van der Waals surface area contributed by atoms with Crippen molar-refractivity contribution in [2.45, 2.75) is 39.3 Å². The van der Waals surface area contributed by atoms with E-state index < -0.39 is 5.97 Å². The molecule has 0 fully saturated rings. The highest BCUT2D eigenvalue weighted by atomic mass is 16.4. The van der Waals surface area contributed by atoms with Gasteiger partial charge in [0.15, 0.2) is 5.69 Å². The number of hydrogen-bond acceptors (Lipinski definition) is 5. The van der Waals surface area contributed by atoms with Gasteiger partial charge >= 0.3 is 5.97 Å². The van der Waals surface area contributed by atoms with Crippen LogP contribution < -0.4 is 5.73 Å². The minimum Gasteiger partial charge on any atom is -0.476 e. The maximum Gasteiger partial charge on any atom is 0.358 e. The molecule has 1 unspecified atom stereocenters. The maximum atomic E-state index is 11.1. The van der Waals surface area contributed by atoms with Crippen LogP contribution in [0.5, 0.6) is 0 Å². The van der Waals surface area contributed by atoms with Crippen LogP contribution in [0.3, 0.4) is 0 Å². The molecular formula is C13H20N6O2. The first-order valence-electron chi connectivity index (χ1n) is 6.96. The number of hydrogen-bond donors (Lipinski definition) is 2. The molecule has 21 heavy (non-hydrogen) atoms. The van der Waals surface area contributed by atoms with Crippen molar-refractivity contribution < 1.29 is 9.90 Å². The van der Waals surface area contributed by atoms with E-state index in [1.807, 2.05) is 16.9 Å². The minimum absolute atomic E-state index is 0.0400. The lowest BCUT2D eigenvalue weighted by atomic mass is 10.2. The van der Waals surface area contributed by atoms with Gasteiger partial charge in [0, 0.05) is 18.7 Å². The van der Waals surface area contributed by atoms with E-state index in [2.05, 4.69) is 29.3 Å². The zero-order chi connectivity index (χ0) is 15.4. The molecule has 0 aliphatic carbocycles. The molecule has 0 saturated carbocycles. The first kappa shape index (κ1) is 15.2. The standard InChI is InChI=1S/C13H20N6O2/c1-3-9(2)18-7-5-10(16-18)8-19-11(4-6-14)12(13(20)21)15-17-19/h5,7,9H,3-4,6,8,14H2,1-2H3,(H,20,21). The Balaban J connectivity index is 2.23. The zero-order valence-electron chi connectivity index (χ0n) is 12.2. The van der Waals surface area contributed by atoms with E-state index in [1.54, 1.807) is 4.68 Å². The summed E-state index contributed by atoms with van der Waals surface area (Å²) >= 11 is 0. The number of aromatic carboxylic acids is 1. The summed E-state index contributed by atoms with van der Waals surface area (Å²) in [6.07, 6.45) is 3.33. The summed E-state index contributed by atoms with van der Waals surface area (Å²) in [6, 6.07) is 2.23. The molecule has 0 radical (unpaired) electrons. The molecule has 0 aromatic carbocycles. The van der Waals surface area contributed by atoms with Gasteiger partial charge in [-0.1, -0.05) is 12.1 Å². The highest BCUT2D eigenvalue weighted by Gasteiger charge is 2.19. The summed E-state index contributed by atoms with van der Waals surface area (Å²) in [4.78, 5) is 11.1. The molecule has 0 bridgehead atoms. The Hall–Kier alpha value is -2.22. The van der Waals surface area contributed by atoms with Gasteiger partial charge in [-0.2, -0.15) is 5.10 Å². The van der Waals surface area contributed by atoms with E-state index in [-0.39, 0.29) is 5.69 Å². The molecule has 8 heteroatoms. The highest BCUT2D eigenvalue weighted by Crippen LogP contribution is 2.12. The fraction of sp³-hybridized carbons (Fsp3) is 0.538. The molecule has 0 aliphatic heterocycles. The number of aromatic nitrogens is 5. The minimum atomic E-state index is -1.09. The fourth-order valence-corrected chi connectivity index (χ4v) is 2.06. The zero-order valence-corrected chi connectivity index (χ0v) is 12.2. The quantitative estimate of drug-likeness (QED) is 0.776. The number of nitrogens with zero attached hydrogens (tertiary/aromatic N) is 5.